The first-order valence-electron chi connectivity index (χ1n) is 9.85. The van der Waals surface area contributed by atoms with Crippen molar-refractivity contribution >= 4 is 53.2 Å². The van der Waals surface area contributed by atoms with E-state index in [0.29, 0.717) is 29.0 Å². The van der Waals surface area contributed by atoms with Crippen LogP contribution in [0.5, 0.6) is 23.0 Å². The van der Waals surface area contributed by atoms with Crippen LogP contribution in [0.3, 0.4) is 0 Å². The molecule has 0 N–H and O–H groups in total. The molecule has 2 rings (SSSR count). The number of rotatable bonds is 13. The van der Waals surface area contributed by atoms with Gasteiger partial charge in [-0.1, -0.05) is 31.2 Å². The summed E-state index contributed by atoms with van der Waals surface area (Å²) < 4.78 is 19.9. The third-order valence-corrected chi connectivity index (χ3v) is 4.71. The predicted molar refractivity (Wildman–Crippen MR) is 126 cm³/mol. The van der Waals surface area contributed by atoms with Crippen molar-refractivity contribution in [2.24, 2.45) is 0 Å². The number of carbonyl (C=O) groups is 3. The molecule has 33 heavy (non-hydrogen) atoms. The van der Waals surface area contributed by atoms with Crippen molar-refractivity contribution in [3.63, 3.8) is 0 Å². The van der Waals surface area contributed by atoms with E-state index >= 15 is 0 Å². The molecule has 2 aromatic rings. The summed E-state index contributed by atoms with van der Waals surface area (Å²) in [6, 6.07) is 9.71. The van der Waals surface area contributed by atoms with Crippen LogP contribution >= 0.6 is 23.7 Å². The van der Waals surface area contributed by atoms with Crippen molar-refractivity contribution < 1.29 is 32.4 Å². The van der Waals surface area contributed by atoms with Crippen molar-refractivity contribution in [3.8, 4) is 23.0 Å². The molecule has 0 amide bonds. The van der Waals surface area contributed by atoms with Crippen molar-refractivity contribution in [1.29, 1.82) is 0 Å². The average molecular weight is 493 g/mol. The van der Waals surface area contributed by atoms with E-state index in [2.05, 4.69) is 4.29 Å². The van der Waals surface area contributed by atoms with E-state index < -0.39 is 0 Å². The first-order chi connectivity index (χ1) is 15.9. The minimum absolute atomic E-state index is 0.0834. The number of benzene rings is 2. The Morgan fingerprint density at radius 1 is 0.818 bits per heavy atom. The largest absolute Gasteiger partial charge is 0.493 e. The number of carbonyl (C=O) groups excluding carboxylic acids is 3. The maximum Gasteiger partial charge on any atom is 0.188 e. The number of hydrogen-bond acceptors (Lipinski definition) is 7. The van der Waals surface area contributed by atoms with Crippen LogP contribution < -0.4 is 18.1 Å². The highest BCUT2D eigenvalue weighted by atomic mass is 35.5. The Hall–Kier alpha value is -3.29. The minimum Gasteiger partial charge on any atom is -0.493 e. The van der Waals surface area contributed by atoms with Crippen LogP contribution in [0, 0.1) is 0 Å². The topological polar surface area (TPSA) is 88.1 Å². The summed E-state index contributed by atoms with van der Waals surface area (Å²) in [6.07, 6.45) is 5.73. The smallest absolute Gasteiger partial charge is 0.188 e. The first-order valence-corrected chi connectivity index (χ1v) is 10.5. The molecule has 0 bridgehead atoms. The molecule has 0 atom stereocenters. The molecule has 0 saturated heterocycles. The summed E-state index contributed by atoms with van der Waals surface area (Å²) in [5, 5.41) is 0. The van der Waals surface area contributed by atoms with Crippen molar-refractivity contribution in [2.75, 3.05) is 13.7 Å². The number of ether oxygens (including phenoxy) is 2. The molecule has 174 valence electrons. The Kier molecular flexibility index (Phi) is 10.5. The van der Waals surface area contributed by atoms with Crippen LogP contribution in [0.4, 0.5) is 0 Å². The van der Waals surface area contributed by atoms with Crippen molar-refractivity contribution in [2.45, 2.75) is 19.8 Å². The third-order valence-electron chi connectivity index (χ3n) is 4.38. The molecule has 0 radical (unpaired) electrons. The molecule has 0 saturated carbocycles. The molecular formula is C24H22Cl2O7. The van der Waals surface area contributed by atoms with Crippen molar-refractivity contribution in [3.05, 3.63) is 59.7 Å². The molecule has 0 aliphatic heterocycles. The average Bonchev–Trinajstić information content (AvgIpc) is 2.84. The lowest BCUT2D eigenvalue weighted by atomic mass is 10.1. The Labute approximate surface area is 201 Å². The lowest BCUT2D eigenvalue weighted by Crippen LogP contribution is -2.09. The van der Waals surface area contributed by atoms with Gasteiger partial charge in [0.25, 0.3) is 0 Å². The van der Waals surface area contributed by atoms with Gasteiger partial charge in [-0.15, -0.1) is 0 Å². The summed E-state index contributed by atoms with van der Waals surface area (Å²) in [5.74, 6) is 0.433. The summed E-state index contributed by atoms with van der Waals surface area (Å²) >= 11 is 10.8. The van der Waals surface area contributed by atoms with Gasteiger partial charge in [-0.25, -0.2) is 0 Å². The fourth-order valence-corrected chi connectivity index (χ4v) is 2.84. The zero-order chi connectivity index (χ0) is 24.2. The third kappa shape index (κ3) is 8.29. The van der Waals surface area contributed by atoms with Crippen LogP contribution in [-0.2, 0) is 14.4 Å². The Balaban J connectivity index is 1.99. The lowest BCUT2D eigenvalue weighted by Gasteiger charge is -2.09. The molecule has 7 nitrogen and oxygen atoms in total. The fourth-order valence-electron chi connectivity index (χ4n) is 2.58. The monoisotopic (exact) mass is 492 g/mol. The Morgan fingerprint density at radius 3 is 1.82 bits per heavy atom. The molecule has 0 aliphatic carbocycles. The van der Waals surface area contributed by atoms with Gasteiger partial charge in [0.05, 0.1) is 13.5 Å². The van der Waals surface area contributed by atoms with Gasteiger partial charge in [0.1, 0.15) is 30.3 Å². The number of halogens is 2. The molecule has 0 unspecified atom stereocenters. The van der Waals surface area contributed by atoms with Gasteiger partial charge in [0.15, 0.2) is 40.3 Å². The highest BCUT2D eigenvalue weighted by molar-refractivity contribution is 6.11. The molecule has 0 aromatic heterocycles. The van der Waals surface area contributed by atoms with Gasteiger partial charge < -0.3 is 18.1 Å². The lowest BCUT2D eigenvalue weighted by molar-refractivity contribution is -0.122. The quantitative estimate of drug-likeness (QED) is 0.274. The first kappa shape index (κ1) is 26.0. The summed E-state index contributed by atoms with van der Waals surface area (Å²) in [6.45, 7) is 1.61. The van der Waals surface area contributed by atoms with E-state index in [-0.39, 0.29) is 41.9 Å². The van der Waals surface area contributed by atoms with Gasteiger partial charge in [0.2, 0.25) is 0 Å². The van der Waals surface area contributed by atoms with E-state index in [0.717, 1.165) is 0 Å². The highest BCUT2D eigenvalue weighted by Gasteiger charge is 2.09. The van der Waals surface area contributed by atoms with E-state index in [1.54, 1.807) is 49.4 Å². The molecule has 9 heteroatoms. The molecule has 2 aromatic carbocycles. The van der Waals surface area contributed by atoms with Crippen LogP contribution in [0.2, 0.25) is 0 Å². The van der Waals surface area contributed by atoms with E-state index in [1.807, 2.05) is 0 Å². The highest BCUT2D eigenvalue weighted by Crippen LogP contribution is 2.30. The minimum atomic E-state index is -0.380. The molecular weight excluding hydrogens is 471 g/mol. The zero-order valence-corrected chi connectivity index (χ0v) is 19.5. The zero-order valence-electron chi connectivity index (χ0n) is 18.0. The Morgan fingerprint density at radius 2 is 1.33 bits per heavy atom. The van der Waals surface area contributed by atoms with Crippen molar-refractivity contribution in [1.82, 2.24) is 0 Å². The standard InChI is InChI=1S/C24H22Cl2O7/c1-3-18(27)15-31-24-13-17(7-11-22(24)33-26)5-9-20(29)14-19(28)8-4-16-6-10-21(32-25)23(12-16)30-2/h4-13H,3,14-15H2,1-2H3/b8-4+,9-5+. The van der Waals surface area contributed by atoms with Crippen LogP contribution in [0.25, 0.3) is 12.2 Å². The van der Waals surface area contributed by atoms with Crippen LogP contribution in [0.15, 0.2) is 48.6 Å². The van der Waals surface area contributed by atoms with Gasteiger partial charge in [0, 0.05) is 6.42 Å². The number of ketones is 3. The molecule has 0 heterocycles. The second-order valence-corrected chi connectivity index (χ2v) is 7.04. The van der Waals surface area contributed by atoms with E-state index in [4.69, 9.17) is 37.5 Å². The SMILES string of the molecule is CCC(=O)COc1cc(/C=C/C(=O)CC(=O)/C=C/c2ccc(OCl)c(OC)c2)ccc1OCl. The van der Waals surface area contributed by atoms with Gasteiger partial charge in [-0.2, -0.15) is 0 Å². The van der Waals surface area contributed by atoms with Crippen LogP contribution in [0.1, 0.15) is 30.9 Å². The molecule has 0 spiro atoms. The van der Waals surface area contributed by atoms with Gasteiger partial charge in [-0.3, -0.25) is 14.4 Å². The normalized spacial score (nSPS) is 10.9. The Bertz CT molecular complexity index is 1060. The fraction of sp³-hybridized carbons (Fsp3) is 0.208. The molecule has 0 fully saturated rings. The number of methoxy groups -OCH3 is 1. The predicted octanol–water partition coefficient (Wildman–Crippen LogP) is 5.37. The number of Topliss-reactive ketones (excluding diaryl/α,β-unsaturated/α-hetero) is 1. The summed E-state index contributed by atoms with van der Waals surface area (Å²) in [5.41, 5.74) is 1.28. The van der Waals surface area contributed by atoms with Crippen LogP contribution in [-0.4, -0.2) is 31.1 Å². The van der Waals surface area contributed by atoms with E-state index in [1.165, 1.54) is 25.3 Å². The maximum atomic E-state index is 12.2. The molecule has 0 aliphatic rings. The summed E-state index contributed by atoms with van der Waals surface area (Å²) in [7, 11) is 1.47. The second-order valence-electron chi connectivity index (χ2n) is 6.73. The van der Waals surface area contributed by atoms with Gasteiger partial charge in [-0.05, 0) is 47.5 Å². The second kappa shape index (κ2) is 13.3. The maximum absolute atomic E-state index is 12.2. The number of hydrogen-bond donors (Lipinski definition) is 0. The number of allylic oxidation sites excluding steroid dienone is 2. The van der Waals surface area contributed by atoms with Gasteiger partial charge >= 0.3 is 0 Å². The summed E-state index contributed by atoms with van der Waals surface area (Å²) in [4.78, 5) is 35.8. The van der Waals surface area contributed by atoms with E-state index in [9.17, 15) is 14.4 Å².